The van der Waals surface area contributed by atoms with Gasteiger partial charge in [0.15, 0.2) is 5.17 Å². The van der Waals surface area contributed by atoms with Gasteiger partial charge in [-0.15, -0.1) is 4.99 Å². The maximum Gasteiger partial charge on any atom is 0.208 e. The van der Waals surface area contributed by atoms with E-state index in [1.807, 2.05) is 6.26 Å². The van der Waals surface area contributed by atoms with E-state index in [2.05, 4.69) is 9.89 Å². The Balaban J connectivity index is 2.53. The van der Waals surface area contributed by atoms with E-state index in [1.165, 1.54) is 11.8 Å². The maximum atomic E-state index is 8.39. The number of amidine groups is 1. The maximum absolute atomic E-state index is 8.39. The van der Waals surface area contributed by atoms with E-state index in [-0.39, 0.29) is 0 Å². The molecule has 0 saturated carbocycles. The fourth-order valence-electron chi connectivity index (χ4n) is 1.04. The van der Waals surface area contributed by atoms with Gasteiger partial charge in [-0.05, 0) is 6.26 Å². The third kappa shape index (κ3) is 2.40. The largest absolute Gasteiger partial charge is 0.378 e. The van der Waals surface area contributed by atoms with Crippen molar-refractivity contribution in [3.8, 4) is 6.19 Å². The molecule has 0 aromatic carbocycles. The molecule has 0 bridgehead atoms. The predicted molar refractivity (Wildman–Crippen MR) is 49.0 cm³/mol. The molecule has 0 aromatic rings. The molecule has 0 amide bonds. The summed E-state index contributed by atoms with van der Waals surface area (Å²) in [7, 11) is 0. The van der Waals surface area contributed by atoms with Gasteiger partial charge in [-0.25, -0.2) is 0 Å². The van der Waals surface area contributed by atoms with Crippen LogP contribution in [0.5, 0.6) is 0 Å². The Hall–Kier alpha value is -0.730. The lowest BCUT2D eigenvalue weighted by molar-refractivity contribution is 0.0694. The highest BCUT2D eigenvalue weighted by Crippen LogP contribution is 2.07. The summed E-state index contributed by atoms with van der Waals surface area (Å²) in [6, 6.07) is 0. The predicted octanol–water partition coefficient (Wildman–Crippen LogP) is 0.519. The van der Waals surface area contributed by atoms with Crippen molar-refractivity contribution in [2.45, 2.75) is 0 Å². The molecule has 66 valence electrons. The van der Waals surface area contributed by atoms with Crippen LogP contribution in [0.2, 0.25) is 0 Å². The van der Waals surface area contributed by atoms with Gasteiger partial charge in [0.1, 0.15) is 0 Å². The minimum absolute atomic E-state index is 0.727. The highest BCUT2D eigenvalue weighted by atomic mass is 32.2. The van der Waals surface area contributed by atoms with Gasteiger partial charge in [0.05, 0.1) is 13.2 Å². The standard InChI is InChI=1S/C7H11N3OS/c1-12-7(9-6-8)10-2-4-11-5-3-10/h2-5H2,1H3. The lowest BCUT2D eigenvalue weighted by Crippen LogP contribution is -2.39. The van der Waals surface area contributed by atoms with Gasteiger partial charge >= 0.3 is 0 Å². The van der Waals surface area contributed by atoms with E-state index in [1.54, 1.807) is 6.19 Å². The third-order valence-electron chi connectivity index (χ3n) is 1.61. The Bertz CT molecular complexity index is 205. The van der Waals surface area contributed by atoms with Crippen LogP contribution in [0.4, 0.5) is 0 Å². The minimum Gasteiger partial charge on any atom is -0.378 e. The van der Waals surface area contributed by atoms with Crippen molar-refractivity contribution < 1.29 is 4.74 Å². The van der Waals surface area contributed by atoms with Crippen molar-refractivity contribution >= 4 is 16.9 Å². The van der Waals surface area contributed by atoms with Crippen molar-refractivity contribution in [2.24, 2.45) is 4.99 Å². The molecule has 0 radical (unpaired) electrons. The van der Waals surface area contributed by atoms with Crippen LogP contribution in [0.15, 0.2) is 4.99 Å². The molecule has 1 saturated heterocycles. The summed E-state index contributed by atoms with van der Waals surface area (Å²) >= 11 is 1.50. The van der Waals surface area contributed by atoms with Gasteiger partial charge in [0, 0.05) is 13.1 Å². The number of hydrogen-bond acceptors (Lipinski definition) is 4. The molecule has 0 N–H and O–H groups in total. The molecular weight excluding hydrogens is 174 g/mol. The molecule has 1 heterocycles. The number of ether oxygens (including phenoxy) is 1. The third-order valence-corrected chi connectivity index (χ3v) is 2.32. The Morgan fingerprint density at radius 3 is 2.75 bits per heavy atom. The fraction of sp³-hybridized carbons (Fsp3) is 0.714. The molecule has 1 aliphatic rings. The second kappa shape index (κ2) is 5.01. The topological polar surface area (TPSA) is 48.6 Å². The average Bonchev–Trinajstić information content (AvgIpc) is 2.15. The van der Waals surface area contributed by atoms with Crippen LogP contribution in [0, 0.1) is 11.5 Å². The Morgan fingerprint density at radius 1 is 1.58 bits per heavy atom. The molecule has 0 aliphatic carbocycles. The first-order valence-corrected chi connectivity index (χ1v) is 4.94. The Labute approximate surface area is 76.2 Å². The summed E-state index contributed by atoms with van der Waals surface area (Å²) in [6.07, 6.45) is 3.72. The second-order valence-corrected chi connectivity index (χ2v) is 3.07. The number of rotatable bonds is 0. The summed E-state index contributed by atoms with van der Waals surface area (Å²) in [4.78, 5) is 5.79. The summed E-state index contributed by atoms with van der Waals surface area (Å²) in [5.74, 6) is 0. The smallest absolute Gasteiger partial charge is 0.208 e. The summed E-state index contributed by atoms with van der Waals surface area (Å²) in [5.41, 5.74) is 0. The molecule has 0 aromatic heterocycles. The number of hydrogen-bond donors (Lipinski definition) is 0. The molecule has 12 heavy (non-hydrogen) atoms. The molecule has 4 nitrogen and oxygen atoms in total. The monoisotopic (exact) mass is 185 g/mol. The van der Waals surface area contributed by atoms with Crippen molar-refractivity contribution in [3.63, 3.8) is 0 Å². The first-order valence-electron chi connectivity index (χ1n) is 3.72. The van der Waals surface area contributed by atoms with Crippen LogP contribution in [-0.2, 0) is 4.74 Å². The highest BCUT2D eigenvalue weighted by Gasteiger charge is 2.13. The molecule has 1 rings (SSSR count). The van der Waals surface area contributed by atoms with E-state index >= 15 is 0 Å². The van der Waals surface area contributed by atoms with Gasteiger partial charge in [-0.2, -0.15) is 5.26 Å². The molecule has 0 unspecified atom stereocenters. The molecule has 0 spiro atoms. The van der Waals surface area contributed by atoms with Crippen molar-refractivity contribution in [1.29, 1.82) is 5.26 Å². The summed E-state index contributed by atoms with van der Waals surface area (Å²) in [6.45, 7) is 3.12. The van der Waals surface area contributed by atoms with E-state index in [0.717, 1.165) is 31.5 Å². The van der Waals surface area contributed by atoms with E-state index in [0.29, 0.717) is 0 Å². The lowest BCUT2D eigenvalue weighted by atomic mass is 10.5. The lowest BCUT2D eigenvalue weighted by Gasteiger charge is -2.27. The van der Waals surface area contributed by atoms with Crippen molar-refractivity contribution in [1.82, 2.24) is 4.90 Å². The van der Waals surface area contributed by atoms with E-state index in [4.69, 9.17) is 10.00 Å². The number of nitriles is 1. The van der Waals surface area contributed by atoms with Gasteiger partial charge in [-0.3, -0.25) is 0 Å². The van der Waals surface area contributed by atoms with Gasteiger partial charge < -0.3 is 9.64 Å². The summed E-state index contributed by atoms with van der Waals surface area (Å²) in [5, 5.41) is 9.18. The molecular formula is C7H11N3OS. The fourth-order valence-corrected chi connectivity index (χ4v) is 1.62. The van der Waals surface area contributed by atoms with Crippen LogP contribution in [0.25, 0.3) is 0 Å². The Morgan fingerprint density at radius 2 is 2.25 bits per heavy atom. The van der Waals surface area contributed by atoms with E-state index < -0.39 is 0 Å². The van der Waals surface area contributed by atoms with Crippen LogP contribution >= 0.6 is 11.8 Å². The Kier molecular flexibility index (Phi) is 3.91. The van der Waals surface area contributed by atoms with Crippen LogP contribution < -0.4 is 0 Å². The number of morpholine rings is 1. The summed E-state index contributed by atoms with van der Waals surface area (Å²) < 4.78 is 5.18. The van der Waals surface area contributed by atoms with Gasteiger partial charge in [-0.1, -0.05) is 11.8 Å². The molecule has 5 heteroatoms. The zero-order chi connectivity index (χ0) is 8.81. The number of aliphatic imine (C=N–C) groups is 1. The van der Waals surface area contributed by atoms with Crippen LogP contribution in [-0.4, -0.2) is 42.6 Å². The first-order chi connectivity index (χ1) is 5.88. The number of thioether (sulfide) groups is 1. The molecule has 0 atom stereocenters. The van der Waals surface area contributed by atoms with Crippen molar-refractivity contribution in [3.05, 3.63) is 0 Å². The SMILES string of the molecule is CSC(=NC#N)N1CCOCC1. The van der Waals surface area contributed by atoms with E-state index in [9.17, 15) is 0 Å². The van der Waals surface area contributed by atoms with Crippen LogP contribution in [0.3, 0.4) is 0 Å². The molecule has 1 fully saturated rings. The van der Waals surface area contributed by atoms with Crippen molar-refractivity contribution in [2.75, 3.05) is 32.6 Å². The highest BCUT2D eigenvalue weighted by molar-refractivity contribution is 8.13. The average molecular weight is 185 g/mol. The quantitative estimate of drug-likeness (QED) is 0.313. The zero-order valence-electron chi connectivity index (χ0n) is 6.99. The van der Waals surface area contributed by atoms with Gasteiger partial charge in [0.2, 0.25) is 6.19 Å². The number of nitrogens with zero attached hydrogens (tertiary/aromatic N) is 3. The first kappa shape index (κ1) is 9.36. The zero-order valence-corrected chi connectivity index (χ0v) is 7.80. The minimum atomic E-state index is 0.727. The van der Waals surface area contributed by atoms with Crippen LogP contribution in [0.1, 0.15) is 0 Å². The van der Waals surface area contributed by atoms with Gasteiger partial charge in [0.25, 0.3) is 0 Å². The molecule has 1 aliphatic heterocycles. The second-order valence-electron chi connectivity index (χ2n) is 2.30. The normalized spacial score (nSPS) is 19.0.